The van der Waals surface area contributed by atoms with E-state index in [0.717, 1.165) is 16.6 Å². The summed E-state index contributed by atoms with van der Waals surface area (Å²) in [4.78, 5) is 0. The largest absolute Gasteiger partial charge is 0.427 e. The number of hydrogen-bond donors (Lipinski definition) is 1. The Hall–Kier alpha value is -3.14. The first-order valence-electron chi connectivity index (χ1n) is 12.7. The molecule has 0 bridgehead atoms. The molecule has 1 aliphatic rings. The fraction of sp³-hybridized carbons (Fsp3) is 0.273. The highest BCUT2D eigenvalue weighted by molar-refractivity contribution is 6.47. The fourth-order valence-corrected chi connectivity index (χ4v) is 4.91. The van der Waals surface area contributed by atoms with Gasteiger partial charge in [0.25, 0.3) is 0 Å². The first kappa shape index (κ1) is 24.6. The molecule has 1 aliphatic carbocycles. The third-order valence-electron chi connectivity index (χ3n) is 7.96. The van der Waals surface area contributed by atoms with Crippen LogP contribution in [0.1, 0.15) is 52.7 Å². The molecule has 0 fully saturated rings. The Morgan fingerprint density at radius 2 is 1.22 bits per heavy atom. The number of fused-ring (bicyclic) bond motifs is 3. The number of rotatable bonds is 6. The Labute approximate surface area is 216 Å². The van der Waals surface area contributed by atoms with Crippen LogP contribution in [0.2, 0.25) is 0 Å². The topological polar surface area (TPSA) is 29.5 Å². The Morgan fingerprint density at radius 3 is 1.92 bits per heavy atom. The molecule has 0 aliphatic heterocycles. The van der Waals surface area contributed by atoms with Crippen LogP contribution in [-0.2, 0) is 10.1 Å². The van der Waals surface area contributed by atoms with Gasteiger partial charge in [-0.15, -0.1) is 0 Å². The number of benzene rings is 4. The summed E-state index contributed by atoms with van der Waals surface area (Å²) in [7, 11) is 1.74. The predicted octanol–water partition coefficient (Wildman–Crippen LogP) is 7.14. The molecule has 5 rings (SSSR count). The molecule has 3 heteroatoms. The van der Waals surface area contributed by atoms with Crippen LogP contribution in [0.5, 0.6) is 0 Å². The molecule has 0 heterocycles. The van der Waals surface area contributed by atoms with E-state index in [9.17, 15) is 5.11 Å². The van der Waals surface area contributed by atoms with Crippen molar-refractivity contribution in [2.75, 3.05) is 0 Å². The molecule has 0 saturated carbocycles. The van der Waals surface area contributed by atoms with Gasteiger partial charge in [0.05, 0.1) is 11.2 Å². The molecule has 0 saturated heterocycles. The van der Waals surface area contributed by atoms with E-state index < -0.39 is 11.2 Å². The van der Waals surface area contributed by atoms with Crippen LogP contribution in [0.4, 0.5) is 0 Å². The van der Waals surface area contributed by atoms with Crippen molar-refractivity contribution in [1.82, 2.24) is 0 Å². The predicted molar refractivity (Wildman–Crippen MR) is 152 cm³/mol. The third-order valence-corrected chi connectivity index (χ3v) is 7.96. The van der Waals surface area contributed by atoms with E-state index >= 15 is 0 Å². The summed E-state index contributed by atoms with van der Waals surface area (Å²) in [6.07, 6.45) is 0. The van der Waals surface area contributed by atoms with Gasteiger partial charge in [-0.1, -0.05) is 98.2 Å². The summed E-state index contributed by atoms with van der Waals surface area (Å²) in [5, 5.41) is 10.4. The van der Waals surface area contributed by atoms with Gasteiger partial charge < -0.3 is 9.76 Å². The van der Waals surface area contributed by atoms with Gasteiger partial charge in [0.15, 0.2) is 0 Å². The lowest BCUT2D eigenvalue weighted by Crippen LogP contribution is -2.49. The van der Waals surface area contributed by atoms with Gasteiger partial charge in [0.1, 0.15) is 0 Å². The van der Waals surface area contributed by atoms with Crippen LogP contribution in [0.3, 0.4) is 0 Å². The van der Waals surface area contributed by atoms with Crippen molar-refractivity contribution in [3.8, 4) is 33.4 Å². The summed E-state index contributed by atoms with van der Waals surface area (Å²) in [6.45, 7) is 12.0. The zero-order valence-electron chi connectivity index (χ0n) is 22.1. The Morgan fingerprint density at radius 1 is 0.639 bits per heavy atom. The smallest absolute Gasteiger partial charge is 0.330 e. The third kappa shape index (κ3) is 4.32. The molecule has 0 amide bonds. The van der Waals surface area contributed by atoms with Crippen molar-refractivity contribution in [3.05, 3.63) is 102 Å². The second-order valence-electron chi connectivity index (χ2n) is 11.4. The molecule has 0 spiro atoms. The van der Waals surface area contributed by atoms with Gasteiger partial charge in [-0.05, 0) is 84.3 Å². The summed E-state index contributed by atoms with van der Waals surface area (Å²) in [5.74, 6) is 0. The van der Waals surface area contributed by atoms with Crippen LogP contribution in [0.15, 0.2) is 91.0 Å². The second kappa shape index (κ2) is 8.76. The maximum Gasteiger partial charge on any atom is 0.330 e. The number of hydrogen-bond acceptors (Lipinski definition) is 2. The number of aliphatic hydroxyl groups is 1. The molecule has 4 aromatic rings. The first-order chi connectivity index (χ1) is 17.0. The van der Waals surface area contributed by atoms with Crippen molar-refractivity contribution < 1.29 is 9.76 Å². The van der Waals surface area contributed by atoms with E-state index in [4.69, 9.17) is 4.65 Å². The Kier molecular flexibility index (Phi) is 5.98. The van der Waals surface area contributed by atoms with Gasteiger partial charge >= 0.3 is 7.48 Å². The highest BCUT2D eigenvalue weighted by Crippen LogP contribution is 2.49. The molecule has 181 valence electrons. The van der Waals surface area contributed by atoms with Crippen molar-refractivity contribution in [2.24, 2.45) is 0 Å². The van der Waals surface area contributed by atoms with E-state index in [-0.39, 0.29) is 5.41 Å². The molecular weight excluding hydrogens is 439 g/mol. The van der Waals surface area contributed by atoms with E-state index in [1.54, 1.807) is 21.3 Å². The van der Waals surface area contributed by atoms with Crippen molar-refractivity contribution in [2.45, 2.75) is 58.2 Å². The normalized spacial score (nSPS) is 14.3. The molecule has 4 aromatic carbocycles. The monoisotopic (exact) mass is 473 g/mol. The highest BCUT2D eigenvalue weighted by Gasteiger charge is 2.36. The molecule has 1 N–H and O–H groups in total. The van der Waals surface area contributed by atoms with Gasteiger partial charge in [-0.3, -0.25) is 0 Å². The zero-order chi connectivity index (χ0) is 25.7. The molecule has 36 heavy (non-hydrogen) atoms. The van der Waals surface area contributed by atoms with Gasteiger partial charge in [-0.2, -0.15) is 0 Å². The van der Waals surface area contributed by atoms with Gasteiger partial charge in [-0.25, -0.2) is 0 Å². The first-order valence-corrected chi connectivity index (χ1v) is 12.7. The lowest BCUT2D eigenvalue weighted by Gasteiger charge is -2.37. The van der Waals surface area contributed by atoms with Crippen molar-refractivity contribution >= 4 is 12.9 Å². The minimum absolute atomic E-state index is 0.0133. The van der Waals surface area contributed by atoms with Crippen LogP contribution >= 0.6 is 0 Å². The van der Waals surface area contributed by atoms with Crippen LogP contribution in [0.25, 0.3) is 33.4 Å². The SMILES string of the molecule is CC1(C)c2ccccc2-c2ccc(-c3cccc(-c4cccc([B]OC(C)(C)C(C)(C)O)c4)c3)cc21. The minimum Gasteiger partial charge on any atom is -0.427 e. The standard InChI is InChI=1S/C33H34BO2/c1-31(2)29-16-8-7-15-27(29)28-18-17-25(21-30(28)31)23-12-9-11-22(19-23)24-13-10-14-26(20-24)34-36-33(5,6)32(3,4)35/h7-21,35H,1-6H3. The molecule has 0 aromatic heterocycles. The molecule has 2 nitrogen and oxygen atoms in total. The maximum absolute atomic E-state index is 10.4. The van der Waals surface area contributed by atoms with E-state index in [1.807, 2.05) is 26.0 Å². The van der Waals surface area contributed by atoms with E-state index in [2.05, 4.69) is 92.7 Å². The molecule has 0 unspecified atom stereocenters. The quantitative estimate of drug-likeness (QED) is 0.302. The molecular formula is C33H34BO2. The van der Waals surface area contributed by atoms with Crippen LogP contribution < -0.4 is 5.46 Å². The van der Waals surface area contributed by atoms with Crippen LogP contribution in [-0.4, -0.2) is 23.8 Å². The Balaban J connectivity index is 1.44. The summed E-state index contributed by atoms with van der Waals surface area (Å²) in [5.41, 5.74) is 9.48. The van der Waals surface area contributed by atoms with Crippen molar-refractivity contribution in [1.29, 1.82) is 0 Å². The lowest BCUT2D eigenvalue weighted by molar-refractivity contribution is -0.0893. The van der Waals surface area contributed by atoms with Gasteiger partial charge in [0, 0.05) is 5.41 Å². The second-order valence-corrected chi connectivity index (χ2v) is 11.4. The average Bonchev–Trinajstić information content (AvgIpc) is 3.09. The summed E-state index contributed by atoms with van der Waals surface area (Å²) in [6, 6.07) is 32.7. The highest BCUT2D eigenvalue weighted by atomic mass is 16.5. The fourth-order valence-electron chi connectivity index (χ4n) is 4.91. The van der Waals surface area contributed by atoms with Gasteiger partial charge in [0.2, 0.25) is 0 Å². The Bertz CT molecular complexity index is 1430. The van der Waals surface area contributed by atoms with Crippen LogP contribution in [0, 0.1) is 0 Å². The summed E-state index contributed by atoms with van der Waals surface area (Å²) < 4.78 is 5.98. The average molecular weight is 473 g/mol. The van der Waals surface area contributed by atoms with E-state index in [1.165, 1.54) is 33.4 Å². The summed E-state index contributed by atoms with van der Waals surface area (Å²) >= 11 is 0. The minimum atomic E-state index is -0.957. The lowest BCUT2D eigenvalue weighted by atomic mass is 9.81. The zero-order valence-corrected chi connectivity index (χ0v) is 22.1. The maximum atomic E-state index is 10.4. The molecule has 0 atom stereocenters. The van der Waals surface area contributed by atoms with E-state index in [0.29, 0.717) is 0 Å². The van der Waals surface area contributed by atoms with Crippen molar-refractivity contribution in [3.63, 3.8) is 0 Å². The molecule has 1 radical (unpaired) electrons.